The fraction of sp³-hybridized carbons (Fsp3) is 1.00. The van der Waals surface area contributed by atoms with Gasteiger partial charge in [-0.15, -0.1) is 0 Å². The van der Waals surface area contributed by atoms with Crippen LogP contribution in [0.15, 0.2) is 0 Å². The SMILES string of the molecule is CC.O=S(=O)(O)O.[BaH2]. The Hall–Kier alpha value is 1.44. The Bertz CT molecular complexity index is 97.2. The van der Waals surface area contributed by atoms with E-state index in [9.17, 15) is 0 Å². The summed E-state index contributed by atoms with van der Waals surface area (Å²) in [6, 6.07) is 0. The van der Waals surface area contributed by atoms with Gasteiger partial charge >= 0.3 is 59.3 Å². The van der Waals surface area contributed by atoms with Crippen LogP contribution in [0.5, 0.6) is 0 Å². The molecule has 0 heterocycles. The molecule has 6 heteroatoms. The number of hydrogen-bond donors (Lipinski definition) is 2. The van der Waals surface area contributed by atoms with Crippen LogP contribution in [0.3, 0.4) is 0 Å². The van der Waals surface area contributed by atoms with E-state index in [1.165, 1.54) is 0 Å². The van der Waals surface area contributed by atoms with E-state index in [4.69, 9.17) is 17.5 Å². The van der Waals surface area contributed by atoms with Gasteiger partial charge in [-0.05, 0) is 0 Å². The molecule has 50 valence electrons. The first-order chi connectivity index (χ1) is 3.00. The van der Waals surface area contributed by atoms with Crippen LogP contribution in [0.1, 0.15) is 13.8 Å². The van der Waals surface area contributed by atoms with Crippen LogP contribution in [0.4, 0.5) is 0 Å². The summed E-state index contributed by atoms with van der Waals surface area (Å²) in [4.78, 5) is 0. The summed E-state index contributed by atoms with van der Waals surface area (Å²) in [6.07, 6.45) is 0. The van der Waals surface area contributed by atoms with Crippen molar-refractivity contribution in [3.63, 3.8) is 0 Å². The van der Waals surface area contributed by atoms with Gasteiger partial charge in [-0.3, -0.25) is 9.11 Å². The zero-order valence-electron chi connectivity index (χ0n) is 4.12. The van der Waals surface area contributed by atoms with Crippen molar-refractivity contribution in [1.82, 2.24) is 0 Å². The second-order valence-electron chi connectivity index (χ2n) is 0.448. The Morgan fingerprint density at radius 2 is 1.12 bits per heavy atom. The number of rotatable bonds is 0. The van der Waals surface area contributed by atoms with Gasteiger partial charge in [0.25, 0.3) is 0 Å². The molecule has 0 aromatic carbocycles. The third-order valence-corrected chi connectivity index (χ3v) is 0. The van der Waals surface area contributed by atoms with Crippen molar-refractivity contribution in [2.75, 3.05) is 0 Å². The summed E-state index contributed by atoms with van der Waals surface area (Å²) in [5.74, 6) is 0. The Labute approximate surface area is 89.3 Å². The van der Waals surface area contributed by atoms with Gasteiger partial charge in [-0.2, -0.15) is 8.42 Å². The van der Waals surface area contributed by atoms with E-state index < -0.39 is 10.4 Å². The quantitative estimate of drug-likeness (QED) is 0.456. The first kappa shape index (κ1) is 16.2. The van der Waals surface area contributed by atoms with Crippen LogP contribution in [-0.2, 0) is 10.4 Å². The molecule has 0 spiro atoms. The molecule has 0 aliphatic carbocycles. The average Bonchev–Trinajstić information content (AvgIpc) is 1.36. The van der Waals surface area contributed by atoms with Crippen molar-refractivity contribution in [2.45, 2.75) is 13.8 Å². The van der Waals surface area contributed by atoms with Gasteiger partial charge in [0.1, 0.15) is 0 Å². The molecule has 8 heavy (non-hydrogen) atoms. The van der Waals surface area contributed by atoms with Crippen molar-refractivity contribution < 1.29 is 17.5 Å². The predicted molar refractivity (Wildman–Crippen MR) is 34.1 cm³/mol. The molecular weight excluding hydrogens is 257 g/mol. The van der Waals surface area contributed by atoms with E-state index in [2.05, 4.69) is 0 Å². The van der Waals surface area contributed by atoms with Gasteiger partial charge in [0.2, 0.25) is 0 Å². The summed E-state index contributed by atoms with van der Waals surface area (Å²) >= 11 is 0. The van der Waals surface area contributed by atoms with Gasteiger partial charge in [-0.25, -0.2) is 0 Å². The molecule has 0 atom stereocenters. The van der Waals surface area contributed by atoms with Gasteiger partial charge in [0.05, 0.1) is 0 Å². The molecule has 0 fully saturated rings. The van der Waals surface area contributed by atoms with E-state index >= 15 is 0 Å². The Morgan fingerprint density at radius 1 is 1.12 bits per heavy atom. The maximum atomic E-state index is 8.74. The molecule has 0 aliphatic heterocycles. The summed E-state index contributed by atoms with van der Waals surface area (Å²) in [6.45, 7) is 4.00. The maximum absolute atomic E-state index is 8.74. The fourth-order valence-electron chi connectivity index (χ4n) is 0. The first-order valence-electron chi connectivity index (χ1n) is 1.70. The Balaban J connectivity index is -0.0000000750. The van der Waals surface area contributed by atoms with E-state index in [0.717, 1.165) is 0 Å². The molecule has 0 radical (unpaired) electrons. The predicted octanol–water partition coefficient (Wildman–Crippen LogP) is -0.543. The van der Waals surface area contributed by atoms with Crippen molar-refractivity contribution in [1.29, 1.82) is 0 Å². The minimum absolute atomic E-state index is 0. The zero-order chi connectivity index (χ0) is 6.50. The number of hydrogen-bond acceptors (Lipinski definition) is 2. The molecule has 0 aromatic rings. The summed E-state index contributed by atoms with van der Waals surface area (Å²) < 4.78 is 31.6. The van der Waals surface area contributed by atoms with Crippen molar-refractivity contribution in [3.05, 3.63) is 0 Å². The van der Waals surface area contributed by atoms with Crippen molar-refractivity contribution >= 4 is 59.3 Å². The van der Waals surface area contributed by atoms with Crippen LogP contribution in [0.25, 0.3) is 0 Å². The molecule has 0 unspecified atom stereocenters. The minimum atomic E-state index is -4.67. The van der Waals surface area contributed by atoms with Crippen molar-refractivity contribution in [2.24, 2.45) is 0 Å². The van der Waals surface area contributed by atoms with Crippen LogP contribution >= 0.6 is 0 Å². The zero-order valence-corrected chi connectivity index (χ0v) is 4.94. The van der Waals surface area contributed by atoms with Crippen LogP contribution in [-0.4, -0.2) is 66.4 Å². The molecular formula is C2H10BaO4S. The summed E-state index contributed by atoms with van der Waals surface area (Å²) in [5.41, 5.74) is 0. The standard InChI is InChI=1S/C2H6.Ba.H2O4S.2H/c1-2;;1-5(2,3)4;;/h1-2H3;;(H2,1,2,3,4);;. The third-order valence-electron chi connectivity index (χ3n) is 0. The van der Waals surface area contributed by atoms with Gasteiger partial charge in [0.15, 0.2) is 0 Å². The first-order valence-corrected chi connectivity index (χ1v) is 3.10. The molecule has 0 bridgehead atoms. The Morgan fingerprint density at radius 3 is 1.12 bits per heavy atom. The molecule has 0 saturated heterocycles. The molecule has 2 N–H and O–H groups in total. The average molecular weight is 267 g/mol. The van der Waals surface area contributed by atoms with Gasteiger partial charge in [-0.1, -0.05) is 13.8 Å². The van der Waals surface area contributed by atoms with E-state index in [-0.39, 0.29) is 48.9 Å². The van der Waals surface area contributed by atoms with E-state index in [0.29, 0.717) is 0 Å². The molecule has 4 nitrogen and oxygen atoms in total. The molecule has 0 rings (SSSR count). The van der Waals surface area contributed by atoms with E-state index in [1.54, 1.807) is 0 Å². The summed E-state index contributed by atoms with van der Waals surface area (Å²) in [5, 5.41) is 0. The van der Waals surface area contributed by atoms with Crippen LogP contribution in [0, 0.1) is 0 Å². The van der Waals surface area contributed by atoms with Crippen LogP contribution in [0.2, 0.25) is 0 Å². The molecule has 0 aromatic heterocycles. The third kappa shape index (κ3) is 149. The normalized spacial score (nSPS) is 8.00. The van der Waals surface area contributed by atoms with E-state index in [1.807, 2.05) is 13.8 Å². The van der Waals surface area contributed by atoms with Gasteiger partial charge in [0, 0.05) is 0 Å². The fourth-order valence-corrected chi connectivity index (χ4v) is 0. The second kappa shape index (κ2) is 8.44. The molecule has 0 amide bonds. The summed E-state index contributed by atoms with van der Waals surface area (Å²) in [7, 11) is -4.67. The molecule has 0 saturated carbocycles. The van der Waals surface area contributed by atoms with Crippen molar-refractivity contribution in [3.8, 4) is 0 Å². The topological polar surface area (TPSA) is 74.6 Å². The Kier molecular flexibility index (Phi) is 17.1. The van der Waals surface area contributed by atoms with Gasteiger partial charge < -0.3 is 0 Å². The molecule has 0 aliphatic rings. The second-order valence-corrected chi connectivity index (χ2v) is 1.34. The van der Waals surface area contributed by atoms with Crippen LogP contribution < -0.4 is 0 Å². The monoisotopic (exact) mass is 268 g/mol.